The summed E-state index contributed by atoms with van der Waals surface area (Å²) in [6.45, 7) is 3.43. The zero-order valence-corrected chi connectivity index (χ0v) is 19.2. The van der Waals surface area contributed by atoms with Crippen LogP contribution in [-0.2, 0) is 19.4 Å². The lowest BCUT2D eigenvalue weighted by Gasteiger charge is -2.34. The fourth-order valence-corrected chi connectivity index (χ4v) is 4.70. The quantitative estimate of drug-likeness (QED) is 0.661. The lowest BCUT2D eigenvalue weighted by Crippen LogP contribution is -2.50. The number of carbonyl (C=O) groups excluding carboxylic acids is 3. The Morgan fingerprint density at radius 3 is 2.18 bits per heavy atom. The van der Waals surface area contributed by atoms with E-state index in [9.17, 15) is 22.8 Å². The molecule has 0 aromatic heterocycles. The van der Waals surface area contributed by atoms with Gasteiger partial charge in [-0.05, 0) is 31.2 Å². The van der Waals surface area contributed by atoms with Crippen LogP contribution in [-0.4, -0.2) is 74.7 Å². The second-order valence-electron chi connectivity index (χ2n) is 7.45. The van der Waals surface area contributed by atoms with Crippen molar-refractivity contribution in [2.24, 2.45) is 0 Å². The Hall–Kier alpha value is -3.40. The standard InChI is InChI=1S/C23H27N3O6S/c1-2-32-23(29)26-15-13-25(14-16-26)22(28)19-10-6-7-11-20(19)24-21(27)12-17-33(30,31)18-8-4-3-5-9-18/h3-11H,2,12-17H2,1H3,(H,24,27). The van der Waals surface area contributed by atoms with Gasteiger partial charge in [-0.15, -0.1) is 0 Å². The summed E-state index contributed by atoms with van der Waals surface area (Å²) in [7, 11) is -3.59. The number of hydrogen-bond donors (Lipinski definition) is 1. The van der Waals surface area contributed by atoms with Crippen molar-refractivity contribution < 1.29 is 27.5 Å². The molecule has 0 unspecified atom stereocenters. The Morgan fingerprint density at radius 2 is 1.52 bits per heavy atom. The van der Waals surface area contributed by atoms with E-state index in [1.807, 2.05) is 0 Å². The highest BCUT2D eigenvalue weighted by Gasteiger charge is 2.27. The number of benzene rings is 2. The van der Waals surface area contributed by atoms with E-state index in [0.29, 0.717) is 37.4 Å². The maximum absolute atomic E-state index is 13.1. The normalized spacial score (nSPS) is 14.0. The molecule has 1 heterocycles. The molecule has 33 heavy (non-hydrogen) atoms. The van der Waals surface area contributed by atoms with Crippen LogP contribution in [0, 0.1) is 0 Å². The molecule has 176 valence electrons. The summed E-state index contributed by atoms with van der Waals surface area (Å²) in [5.41, 5.74) is 0.624. The molecule has 1 fully saturated rings. The minimum atomic E-state index is -3.59. The molecule has 0 bridgehead atoms. The van der Waals surface area contributed by atoms with Gasteiger partial charge < -0.3 is 19.9 Å². The van der Waals surface area contributed by atoms with Gasteiger partial charge in [-0.3, -0.25) is 9.59 Å². The maximum atomic E-state index is 13.1. The number of ether oxygens (including phenoxy) is 1. The van der Waals surface area contributed by atoms with Crippen molar-refractivity contribution in [1.29, 1.82) is 0 Å². The highest BCUT2D eigenvalue weighted by atomic mass is 32.2. The summed E-state index contributed by atoms with van der Waals surface area (Å²) in [6.07, 6.45) is -0.638. The molecule has 10 heteroatoms. The molecule has 1 aliphatic heterocycles. The fraction of sp³-hybridized carbons (Fsp3) is 0.348. The number of nitrogens with one attached hydrogen (secondary N) is 1. The Balaban J connectivity index is 1.60. The number of amides is 3. The molecular weight excluding hydrogens is 446 g/mol. The van der Waals surface area contributed by atoms with Crippen LogP contribution in [0.2, 0.25) is 0 Å². The van der Waals surface area contributed by atoms with Crippen molar-refractivity contribution in [1.82, 2.24) is 9.80 Å². The molecule has 2 aromatic carbocycles. The number of para-hydroxylation sites is 1. The number of carbonyl (C=O) groups is 3. The highest BCUT2D eigenvalue weighted by Crippen LogP contribution is 2.19. The van der Waals surface area contributed by atoms with Gasteiger partial charge in [0.2, 0.25) is 5.91 Å². The second kappa shape index (κ2) is 11.0. The van der Waals surface area contributed by atoms with E-state index in [-0.39, 0.29) is 29.6 Å². The molecule has 0 aliphatic carbocycles. The Labute approximate surface area is 193 Å². The van der Waals surface area contributed by atoms with Gasteiger partial charge in [0.05, 0.1) is 28.5 Å². The number of hydrogen-bond acceptors (Lipinski definition) is 6. The first-order chi connectivity index (χ1) is 15.8. The van der Waals surface area contributed by atoms with Crippen molar-refractivity contribution in [3.05, 3.63) is 60.2 Å². The van der Waals surface area contributed by atoms with Gasteiger partial charge in [-0.25, -0.2) is 13.2 Å². The predicted molar refractivity (Wildman–Crippen MR) is 123 cm³/mol. The predicted octanol–water partition coefficient (Wildman–Crippen LogP) is 2.40. The van der Waals surface area contributed by atoms with Crippen LogP contribution in [0.4, 0.5) is 10.5 Å². The smallest absolute Gasteiger partial charge is 0.409 e. The Kier molecular flexibility index (Phi) is 8.05. The summed E-state index contributed by atoms with van der Waals surface area (Å²) in [5, 5.41) is 2.66. The number of piperazine rings is 1. The van der Waals surface area contributed by atoms with E-state index in [0.717, 1.165) is 0 Å². The molecule has 2 aromatic rings. The third kappa shape index (κ3) is 6.32. The molecule has 1 aliphatic rings. The van der Waals surface area contributed by atoms with Crippen LogP contribution in [0.1, 0.15) is 23.7 Å². The molecule has 3 amide bonds. The minimum Gasteiger partial charge on any atom is -0.450 e. The van der Waals surface area contributed by atoms with Crippen LogP contribution < -0.4 is 5.32 Å². The van der Waals surface area contributed by atoms with E-state index < -0.39 is 21.8 Å². The lowest BCUT2D eigenvalue weighted by molar-refractivity contribution is -0.115. The van der Waals surface area contributed by atoms with Gasteiger partial charge in [0.15, 0.2) is 9.84 Å². The summed E-state index contributed by atoms with van der Waals surface area (Å²) < 4.78 is 29.8. The topological polar surface area (TPSA) is 113 Å². The first-order valence-corrected chi connectivity index (χ1v) is 12.3. The molecule has 0 radical (unpaired) electrons. The van der Waals surface area contributed by atoms with Gasteiger partial charge >= 0.3 is 6.09 Å². The van der Waals surface area contributed by atoms with Crippen LogP contribution in [0.15, 0.2) is 59.5 Å². The van der Waals surface area contributed by atoms with Crippen molar-refractivity contribution in [3.8, 4) is 0 Å². The monoisotopic (exact) mass is 473 g/mol. The van der Waals surface area contributed by atoms with Gasteiger partial charge in [-0.2, -0.15) is 0 Å². The van der Waals surface area contributed by atoms with Gasteiger partial charge in [0.1, 0.15) is 0 Å². The maximum Gasteiger partial charge on any atom is 0.409 e. The Morgan fingerprint density at radius 1 is 0.909 bits per heavy atom. The SMILES string of the molecule is CCOC(=O)N1CCN(C(=O)c2ccccc2NC(=O)CCS(=O)(=O)c2ccccc2)CC1. The number of nitrogens with zero attached hydrogens (tertiary/aromatic N) is 2. The molecule has 1 N–H and O–H groups in total. The van der Waals surface area contributed by atoms with Crippen LogP contribution in [0.3, 0.4) is 0 Å². The van der Waals surface area contributed by atoms with E-state index in [2.05, 4.69) is 5.32 Å². The first-order valence-electron chi connectivity index (χ1n) is 10.7. The largest absolute Gasteiger partial charge is 0.450 e. The number of anilines is 1. The summed E-state index contributed by atoms with van der Waals surface area (Å²) in [5.74, 6) is -1.11. The highest BCUT2D eigenvalue weighted by molar-refractivity contribution is 7.91. The minimum absolute atomic E-state index is 0.162. The van der Waals surface area contributed by atoms with E-state index in [4.69, 9.17) is 4.74 Å². The summed E-state index contributed by atoms with van der Waals surface area (Å²) in [6, 6.07) is 14.5. The average molecular weight is 474 g/mol. The molecule has 0 atom stereocenters. The molecular formula is C23H27N3O6S. The van der Waals surface area contributed by atoms with E-state index in [1.54, 1.807) is 59.2 Å². The van der Waals surface area contributed by atoms with E-state index in [1.165, 1.54) is 12.1 Å². The van der Waals surface area contributed by atoms with Crippen molar-refractivity contribution in [3.63, 3.8) is 0 Å². The van der Waals surface area contributed by atoms with Crippen molar-refractivity contribution in [2.45, 2.75) is 18.2 Å². The van der Waals surface area contributed by atoms with Crippen molar-refractivity contribution in [2.75, 3.05) is 43.9 Å². The van der Waals surface area contributed by atoms with Crippen molar-refractivity contribution >= 4 is 33.4 Å². The molecule has 1 saturated heterocycles. The molecule has 0 saturated carbocycles. The zero-order chi connectivity index (χ0) is 23.8. The molecule has 0 spiro atoms. The number of rotatable bonds is 7. The van der Waals surface area contributed by atoms with E-state index >= 15 is 0 Å². The number of sulfone groups is 1. The molecule has 9 nitrogen and oxygen atoms in total. The summed E-state index contributed by atoms with van der Waals surface area (Å²) in [4.78, 5) is 40.7. The Bertz CT molecular complexity index is 1100. The van der Waals surface area contributed by atoms with Gasteiger partial charge in [0.25, 0.3) is 5.91 Å². The zero-order valence-electron chi connectivity index (χ0n) is 18.4. The third-order valence-corrected chi connectivity index (χ3v) is 6.96. The summed E-state index contributed by atoms with van der Waals surface area (Å²) >= 11 is 0. The van der Waals surface area contributed by atoms with Gasteiger partial charge in [-0.1, -0.05) is 30.3 Å². The second-order valence-corrected chi connectivity index (χ2v) is 9.56. The fourth-order valence-electron chi connectivity index (χ4n) is 3.44. The van der Waals surface area contributed by atoms with Gasteiger partial charge in [0, 0.05) is 32.6 Å². The van der Waals surface area contributed by atoms with Crippen LogP contribution in [0.25, 0.3) is 0 Å². The lowest BCUT2D eigenvalue weighted by atomic mass is 10.1. The van der Waals surface area contributed by atoms with Crippen LogP contribution >= 0.6 is 0 Å². The average Bonchev–Trinajstić information content (AvgIpc) is 2.83. The van der Waals surface area contributed by atoms with Crippen LogP contribution in [0.5, 0.6) is 0 Å². The third-order valence-electron chi connectivity index (χ3n) is 5.22. The molecule has 3 rings (SSSR count). The first kappa shape index (κ1) is 24.2.